The number of hydrogen-bond donors (Lipinski definition) is 2. The van der Waals surface area contributed by atoms with E-state index in [4.69, 9.17) is 0 Å². The Hall–Kier alpha value is -1.08. The van der Waals surface area contributed by atoms with Gasteiger partial charge in [0.05, 0.1) is 11.0 Å². The Bertz CT molecular complexity index is 408. The lowest BCUT2D eigenvalue weighted by molar-refractivity contribution is 1.17. The number of nitrogens with one attached hydrogen (secondary N) is 2. The van der Waals surface area contributed by atoms with Crippen molar-refractivity contribution < 1.29 is 0 Å². The molecular formula is C8H10N3P. The molecule has 12 heavy (non-hydrogen) atoms. The zero-order valence-electron chi connectivity index (χ0n) is 6.76. The number of anilines is 1. The molecule has 0 aliphatic rings. The molecule has 62 valence electrons. The maximum Gasteiger partial charge on any atom is 0.104 e. The van der Waals surface area contributed by atoms with E-state index in [2.05, 4.69) is 24.4 Å². The fourth-order valence-corrected chi connectivity index (χ4v) is 1.41. The van der Waals surface area contributed by atoms with E-state index in [0.717, 1.165) is 22.5 Å². The number of aryl methyl sites for hydroxylation is 1. The molecule has 1 aromatic heterocycles. The molecule has 4 heteroatoms. The third kappa shape index (κ3) is 1.16. The summed E-state index contributed by atoms with van der Waals surface area (Å²) < 4.78 is 0. The first-order chi connectivity index (χ1) is 5.79. The Morgan fingerprint density at radius 1 is 1.50 bits per heavy atom. The van der Waals surface area contributed by atoms with Crippen LogP contribution in [0.4, 0.5) is 5.69 Å². The summed E-state index contributed by atoms with van der Waals surface area (Å²) in [5, 5.41) is 3.00. The van der Waals surface area contributed by atoms with Gasteiger partial charge in [0.15, 0.2) is 0 Å². The quantitative estimate of drug-likeness (QED) is 0.658. The number of H-pyrrole nitrogens is 1. The van der Waals surface area contributed by atoms with Gasteiger partial charge in [-0.2, -0.15) is 0 Å². The van der Waals surface area contributed by atoms with Crippen LogP contribution in [-0.2, 0) is 0 Å². The van der Waals surface area contributed by atoms with Crippen LogP contribution in [0.3, 0.4) is 0 Å². The first-order valence-electron chi connectivity index (χ1n) is 3.72. The average Bonchev–Trinajstić information content (AvgIpc) is 2.43. The van der Waals surface area contributed by atoms with E-state index in [9.17, 15) is 0 Å². The topological polar surface area (TPSA) is 40.7 Å². The third-order valence-electron chi connectivity index (χ3n) is 1.77. The Kier molecular flexibility index (Phi) is 1.74. The highest BCUT2D eigenvalue weighted by atomic mass is 31.0. The number of benzene rings is 1. The van der Waals surface area contributed by atoms with Gasteiger partial charge in [-0.3, -0.25) is 0 Å². The fraction of sp³-hybridized carbons (Fsp3) is 0.125. The normalized spacial score (nSPS) is 10.5. The zero-order chi connectivity index (χ0) is 8.55. The van der Waals surface area contributed by atoms with Crippen molar-refractivity contribution >= 4 is 26.1 Å². The lowest BCUT2D eigenvalue weighted by atomic mass is 10.3. The minimum atomic E-state index is 0.950. The van der Waals surface area contributed by atoms with Gasteiger partial charge in [0.25, 0.3) is 0 Å². The van der Waals surface area contributed by atoms with Crippen LogP contribution in [0, 0.1) is 6.92 Å². The molecule has 0 aliphatic heterocycles. The molecule has 2 aromatic rings. The first-order valence-corrected chi connectivity index (χ1v) is 4.30. The van der Waals surface area contributed by atoms with Crippen molar-refractivity contribution in [3.63, 3.8) is 0 Å². The predicted octanol–water partition coefficient (Wildman–Crippen LogP) is 2.07. The van der Waals surface area contributed by atoms with E-state index < -0.39 is 0 Å². The molecule has 0 spiro atoms. The van der Waals surface area contributed by atoms with Crippen molar-refractivity contribution in [3.8, 4) is 0 Å². The molecular weight excluding hydrogens is 169 g/mol. The van der Waals surface area contributed by atoms with Gasteiger partial charge in [0.1, 0.15) is 5.82 Å². The van der Waals surface area contributed by atoms with Gasteiger partial charge >= 0.3 is 0 Å². The molecule has 0 bridgehead atoms. The lowest BCUT2D eigenvalue weighted by Crippen LogP contribution is -1.77. The van der Waals surface area contributed by atoms with E-state index in [1.807, 2.05) is 25.1 Å². The van der Waals surface area contributed by atoms with Gasteiger partial charge in [0.2, 0.25) is 0 Å². The van der Waals surface area contributed by atoms with Gasteiger partial charge in [-0.1, -0.05) is 0 Å². The maximum atomic E-state index is 4.30. The molecule has 1 heterocycles. The van der Waals surface area contributed by atoms with E-state index >= 15 is 0 Å². The molecule has 0 amide bonds. The van der Waals surface area contributed by atoms with Gasteiger partial charge in [-0.15, -0.1) is 0 Å². The van der Waals surface area contributed by atoms with Crippen LogP contribution in [0.25, 0.3) is 11.0 Å². The van der Waals surface area contributed by atoms with Gasteiger partial charge in [-0.05, 0) is 34.5 Å². The number of hydrogen-bond acceptors (Lipinski definition) is 2. The summed E-state index contributed by atoms with van der Waals surface area (Å²) in [5.41, 5.74) is 3.15. The van der Waals surface area contributed by atoms with Crippen molar-refractivity contribution in [1.82, 2.24) is 9.97 Å². The SMILES string of the molecule is Cc1nc2ccc(NP)cc2[nH]1. The predicted molar refractivity (Wildman–Crippen MR) is 54.2 cm³/mol. The van der Waals surface area contributed by atoms with Crippen molar-refractivity contribution in [2.24, 2.45) is 0 Å². The summed E-state index contributed by atoms with van der Waals surface area (Å²) in [5.74, 6) is 0.950. The molecule has 0 aliphatic carbocycles. The van der Waals surface area contributed by atoms with Crippen LogP contribution in [-0.4, -0.2) is 9.97 Å². The molecule has 0 fully saturated rings. The second kappa shape index (κ2) is 2.76. The molecule has 2 N–H and O–H groups in total. The molecule has 1 atom stereocenters. The molecule has 3 nitrogen and oxygen atoms in total. The third-order valence-corrected chi connectivity index (χ3v) is 2.10. The number of fused-ring (bicyclic) bond motifs is 1. The number of imidazole rings is 1. The Labute approximate surface area is 72.8 Å². The van der Waals surface area contributed by atoms with Gasteiger partial charge < -0.3 is 10.1 Å². The smallest absolute Gasteiger partial charge is 0.104 e. The summed E-state index contributed by atoms with van der Waals surface area (Å²) in [6.45, 7) is 1.95. The maximum absolute atomic E-state index is 4.30. The number of aromatic nitrogens is 2. The number of aromatic amines is 1. The van der Waals surface area contributed by atoms with E-state index in [-0.39, 0.29) is 0 Å². The highest BCUT2D eigenvalue weighted by Gasteiger charge is 1.98. The van der Waals surface area contributed by atoms with Crippen LogP contribution in [0.15, 0.2) is 18.2 Å². The Morgan fingerprint density at radius 3 is 3.08 bits per heavy atom. The van der Waals surface area contributed by atoms with Crippen molar-refractivity contribution in [3.05, 3.63) is 24.0 Å². The zero-order valence-corrected chi connectivity index (χ0v) is 7.91. The average molecular weight is 179 g/mol. The highest BCUT2D eigenvalue weighted by molar-refractivity contribution is 7.18. The molecule has 2 rings (SSSR count). The van der Waals surface area contributed by atoms with Crippen molar-refractivity contribution in [2.45, 2.75) is 6.92 Å². The second-order valence-electron chi connectivity index (χ2n) is 2.70. The molecule has 1 aromatic carbocycles. The van der Waals surface area contributed by atoms with Gasteiger partial charge in [-0.25, -0.2) is 4.98 Å². The van der Waals surface area contributed by atoms with Crippen LogP contribution < -0.4 is 5.09 Å². The summed E-state index contributed by atoms with van der Waals surface area (Å²) in [4.78, 5) is 7.47. The van der Waals surface area contributed by atoms with E-state index in [1.54, 1.807) is 0 Å². The van der Waals surface area contributed by atoms with Crippen LogP contribution in [0.1, 0.15) is 5.82 Å². The minimum Gasteiger partial charge on any atom is -0.369 e. The standard InChI is InChI=1S/C8H10N3P/c1-5-9-7-3-2-6(11-12)4-8(7)10-5/h2-4,11H,12H2,1H3,(H,9,10). The van der Waals surface area contributed by atoms with E-state index in [0.29, 0.717) is 0 Å². The first kappa shape index (κ1) is 7.56. The summed E-state index contributed by atoms with van der Waals surface area (Å²) in [6.07, 6.45) is 0. The second-order valence-corrected chi connectivity index (χ2v) is 2.99. The van der Waals surface area contributed by atoms with Crippen LogP contribution in [0.5, 0.6) is 0 Å². The number of rotatable bonds is 1. The largest absolute Gasteiger partial charge is 0.369 e. The highest BCUT2D eigenvalue weighted by Crippen LogP contribution is 2.17. The fourth-order valence-electron chi connectivity index (χ4n) is 1.23. The Morgan fingerprint density at radius 2 is 2.33 bits per heavy atom. The molecule has 0 saturated heterocycles. The van der Waals surface area contributed by atoms with Gasteiger partial charge in [0, 0.05) is 5.69 Å². The molecule has 1 unspecified atom stereocenters. The van der Waals surface area contributed by atoms with Crippen LogP contribution in [0.2, 0.25) is 0 Å². The van der Waals surface area contributed by atoms with Crippen molar-refractivity contribution in [2.75, 3.05) is 5.09 Å². The molecule has 0 radical (unpaired) electrons. The van der Waals surface area contributed by atoms with Crippen molar-refractivity contribution in [1.29, 1.82) is 0 Å². The monoisotopic (exact) mass is 179 g/mol. The van der Waals surface area contributed by atoms with Crippen LogP contribution >= 0.6 is 9.39 Å². The summed E-state index contributed by atoms with van der Waals surface area (Å²) in [7, 11) is 2.47. The number of nitrogens with zero attached hydrogens (tertiary/aromatic N) is 1. The summed E-state index contributed by atoms with van der Waals surface area (Å²) in [6, 6.07) is 6.02. The minimum absolute atomic E-state index is 0.950. The summed E-state index contributed by atoms with van der Waals surface area (Å²) >= 11 is 0. The Balaban J connectivity index is 2.66. The van der Waals surface area contributed by atoms with E-state index in [1.165, 1.54) is 0 Å². The molecule has 0 saturated carbocycles. The lowest BCUT2D eigenvalue weighted by Gasteiger charge is -1.96.